The molecule has 0 spiro atoms. The highest BCUT2D eigenvalue weighted by molar-refractivity contribution is 14.1. The second-order valence-electron chi connectivity index (χ2n) is 3.71. The quantitative estimate of drug-likeness (QED) is 0.584. The summed E-state index contributed by atoms with van der Waals surface area (Å²) in [5.74, 6) is -1.00. The van der Waals surface area contributed by atoms with Crippen LogP contribution >= 0.6 is 22.6 Å². The van der Waals surface area contributed by atoms with Crippen LogP contribution in [0.3, 0.4) is 0 Å². The molecule has 0 bridgehead atoms. The number of hydrogen-bond donors (Lipinski definition) is 3. The van der Waals surface area contributed by atoms with E-state index in [1.807, 2.05) is 24.3 Å². The lowest BCUT2D eigenvalue weighted by Gasteiger charge is -2.12. The van der Waals surface area contributed by atoms with E-state index in [-0.39, 0.29) is 5.56 Å². The van der Waals surface area contributed by atoms with Crippen LogP contribution < -0.4 is 11.1 Å². The lowest BCUT2D eigenvalue weighted by Crippen LogP contribution is -2.05. The second kappa shape index (κ2) is 5.26. The molecule has 92 valence electrons. The smallest absolute Gasteiger partial charge is 0.337 e. The zero-order valence-electron chi connectivity index (χ0n) is 9.35. The topological polar surface area (TPSA) is 75.4 Å². The number of nitrogens with two attached hydrogens (primary N) is 1. The molecule has 18 heavy (non-hydrogen) atoms. The zero-order chi connectivity index (χ0) is 13.1. The van der Waals surface area contributed by atoms with Gasteiger partial charge in [-0.1, -0.05) is 6.07 Å². The summed E-state index contributed by atoms with van der Waals surface area (Å²) in [6.45, 7) is 0. The fourth-order valence-electron chi connectivity index (χ4n) is 1.57. The number of rotatable bonds is 3. The number of nitrogen functional groups attached to an aromatic ring is 1. The maximum Gasteiger partial charge on any atom is 0.337 e. The van der Waals surface area contributed by atoms with Crippen molar-refractivity contribution >= 4 is 45.6 Å². The Bertz CT molecular complexity index is 582. The zero-order valence-corrected chi connectivity index (χ0v) is 11.5. The van der Waals surface area contributed by atoms with Gasteiger partial charge in [-0.15, -0.1) is 0 Å². The van der Waals surface area contributed by atoms with E-state index in [1.54, 1.807) is 12.1 Å². The maximum absolute atomic E-state index is 11.1. The Balaban J connectivity index is 2.39. The SMILES string of the molecule is Nc1cccc(C(=O)O)c1Nc1ccc(I)cc1. The minimum Gasteiger partial charge on any atom is -0.478 e. The van der Waals surface area contributed by atoms with Gasteiger partial charge in [-0.2, -0.15) is 0 Å². The lowest BCUT2D eigenvalue weighted by molar-refractivity contribution is 0.0698. The Kier molecular flexibility index (Phi) is 3.71. The van der Waals surface area contributed by atoms with Crippen LogP contribution in [-0.4, -0.2) is 11.1 Å². The predicted octanol–water partition coefficient (Wildman–Crippen LogP) is 3.32. The molecular formula is C13H11IN2O2. The molecule has 0 heterocycles. The van der Waals surface area contributed by atoms with Crippen molar-refractivity contribution in [2.24, 2.45) is 0 Å². The van der Waals surface area contributed by atoms with Crippen LogP contribution in [0.2, 0.25) is 0 Å². The Labute approximate surface area is 118 Å². The summed E-state index contributed by atoms with van der Waals surface area (Å²) in [6, 6.07) is 12.4. The number of halogens is 1. The van der Waals surface area contributed by atoms with Crippen LogP contribution in [0.1, 0.15) is 10.4 Å². The number of nitrogens with one attached hydrogen (secondary N) is 1. The fourth-order valence-corrected chi connectivity index (χ4v) is 1.93. The molecule has 2 aromatic carbocycles. The molecule has 0 fully saturated rings. The van der Waals surface area contributed by atoms with Gasteiger partial charge in [-0.25, -0.2) is 4.79 Å². The molecule has 0 saturated heterocycles. The molecule has 4 N–H and O–H groups in total. The van der Waals surface area contributed by atoms with E-state index in [0.29, 0.717) is 11.4 Å². The summed E-state index contributed by atoms with van der Waals surface area (Å²) in [6.07, 6.45) is 0. The average Bonchev–Trinajstić information content (AvgIpc) is 2.34. The van der Waals surface area contributed by atoms with Crippen LogP contribution in [-0.2, 0) is 0 Å². The van der Waals surface area contributed by atoms with Crippen molar-refractivity contribution < 1.29 is 9.90 Å². The highest BCUT2D eigenvalue weighted by Crippen LogP contribution is 2.27. The predicted molar refractivity (Wildman–Crippen MR) is 80.3 cm³/mol. The molecule has 0 radical (unpaired) electrons. The third-order valence-electron chi connectivity index (χ3n) is 2.44. The minimum atomic E-state index is -1.00. The first-order valence-electron chi connectivity index (χ1n) is 5.22. The van der Waals surface area contributed by atoms with E-state index < -0.39 is 5.97 Å². The van der Waals surface area contributed by atoms with Crippen LogP contribution in [0.25, 0.3) is 0 Å². The molecule has 0 unspecified atom stereocenters. The van der Waals surface area contributed by atoms with E-state index in [4.69, 9.17) is 10.8 Å². The summed E-state index contributed by atoms with van der Waals surface area (Å²) in [5.41, 5.74) is 7.60. The van der Waals surface area contributed by atoms with Crippen molar-refractivity contribution in [2.75, 3.05) is 11.1 Å². The number of carbonyl (C=O) groups is 1. The molecule has 0 aliphatic rings. The number of benzene rings is 2. The number of carboxylic acids is 1. The van der Waals surface area contributed by atoms with Gasteiger partial charge in [0.1, 0.15) is 0 Å². The molecule has 2 aromatic rings. The largest absolute Gasteiger partial charge is 0.478 e. The van der Waals surface area contributed by atoms with Crippen molar-refractivity contribution in [1.29, 1.82) is 0 Å². The third kappa shape index (κ3) is 2.73. The minimum absolute atomic E-state index is 0.161. The molecule has 0 aliphatic carbocycles. The molecule has 2 rings (SSSR count). The van der Waals surface area contributed by atoms with Crippen molar-refractivity contribution in [3.8, 4) is 0 Å². The van der Waals surface area contributed by atoms with Gasteiger partial charge in [0.25, 0.3) is 0 Å². The fraction of sp³-hybridized carbons (Fsp3) is 0. The van der Waals surface area contributed by atoms with E-state index in [9.17, 15) is 4.79 Å². The summed E-state index contributed by atoms with van der Waals surface area (Å²) < 4.78 is 1.11. The monoisotopic (exact) mass is 354 g/mol. The summed E-state index contributed by atoms with van der Waals surface area (Å²) in [4.78, 5) is 11.1. The number of para-hydroxylation sites is 1. The van der Waals surface area contributed by atoms with E-state index in [1.165, 1.54) is 6.07 Å². The van der Waals surface area contributed by atoms with Gasteiger partial charge in [0.2, 0.25) is 0 Å². The Hall–Kier alpha value is -1.76. The maximum atomic E-state index is 11.1. The Morgan fingerprint density at radius 1 is 1.17 bits per heavy atom. The first kappa shape index (κ1) is 12.7. The van der Waals surface area contributed by atoms with Gasteiger partial charge in [0.05, 0.1) is 16.9 Å². The van der Waals surface area contributed by atoms with Gasteiger partial charge >= 0.3 is 5.97 Å². The number of carboxylic acid groups (broad SMARTS) is 1. The van der Waals surface area contributed by atoms with Crippen LogP contribution in [0.4, 0.5) is 17.1 Å². The Morgan fingerprint density at radius 3 is 2.44 bits per heavy atom. The molecular weight excluding hydrogens is 343 g/mol. The lowest BCUT2D eigenvalue weighted by atomic mass is 10.1. The van der Waals surface area contributed by atoms with Gasteiger partial charge < -0.3 is 16.2 Å². The van der Waals surface area contributed by atoms with E-state index >= 15 is 0 Å². The van der Waals surface area contributed by atoms with Gasteiger partial charge in [-0.05, 0) is 59.0 Å². The van der Waals surface area contributed by atoms with Crippen LogP contribution in [0.5, 0.6) is 0 Å². The van der Waals surface area contributed by atoms with Crippen molar-refractivity contribution in [3.05, 3.63) is 51.6 Å². The third-order valence-corrected chi connectivity index (χ3v) is 3.16. The highest BCUT2D eigenvalue weighted by Gasteiger charge is 2.12. The summed E-state index contributed by atoms with van der Waals surface area (Å²) in [5, 5.41) is 12.2. The molecule has 0 amide bonds. The van der Waals surface area contributed by atoms with E-state index in [2.05, 4.69) is 27.9 Å². The van der Waals surface area contributed by atoms with Crippen molar-refractivity contribution in [3.63, 3.8) is 0 Å². The normalized spacial score (nSPS) is 10.1. The standard InChI is InChI=1S/C13H11IN2O2/c14-8-4-6-9(7-5-8)16-12-10(13(17)18)2-1-3-11(12)15/h1-7,16H,15H2,(H,17,18). The molecule has 5 heteroatoms. The van der Waals surface area contributed by atoms with Crippen molar-refractivity contribution in [1.82, 2.24) is 0 Å². The Morgan fingerprint density at radius 2 is 1.83 bits per heavy atom. The van der Waals surface area contributed by atoms with Gasteiger partial charge in [-0.3, -0.25) is 0 Å². The molecule has 4 nitrogen and oxygen atoms in total. The average molecular weight is 354 g/mol. The highest BCUT2D eigenvalue weighted by atomic mass is 127. The van der Waals surface area contributed by atoms with Crippen LogP contribution in [0, 0.1) is 3.57 Å². The number of anilines is 3. The first-order chi connectivity index (χ1) is 8.58. The van der Waals surface area contributed by atoms with Gasteiger partial charge in [0.15, 0.2) is 0 Å². The number of aromatic carboxylic acids is 1. The number of hydrogen-bond acceptors (Lipinski definition) is 3. The summed E-state index contributed by atoms with van der Waals surface area (Å²) in [7, 11) is 0. The molecule has 0 saturated carbocycles. The first-order valence-corrected chi connectivity index (χ1v) is 6.30. The second-order valence-corrected chi connectivity index (χ2v) is 4.95. The van der Waals surface area contributed by atoms with Gasteiger partial charge in [0, 0.05) is 9.26 Å². The van der Waals surface area contributed by atoms with Crippen LogP contribution in [0.15, 0.2) is 42.5 Å². The molecule has 0 atom stereocenters. The van der Waals surface area contributed by atoms with E-state index in [0.717, 1.165) is 9.26 Å². The summed E-state index contributed by atoms with van der Waals surface area (Å²) >= 11 is 2.20. The van der Waals surface area contributed by atoms with Crippen molar-refractivity contribution in [2.45, 2.75) is 0 Å². The molecule has 0 aliphatic heterocycles. The molecule has 0 aromatic heterocycles.